The van der Waals surface area contributed by atoms with Gasteiger partial charge in [0.25, 0.3) is 5.91 Å². The molecule has 2 aliphatic rings. The Morgan fingerprint density at radius 3 is 2.80 bits per heavy atom. The summed E-state index contributed by atoms with van der Waals surface area (Å²) >= 11 is 0. The molecule has 25 heavy (non-hydrogen) atoms. The normalized spacial score (nSPS) is 18.9. The van der Waals surface area contributed by atoms with E-state index >= 15 is 0 Å². The number of nitrogens with zero attached hydrogens (tertiary/aromatic N) is 1. The van der Waals surface area contributed by atoms with E-state index in [-0.39, 0.29) is 30.2 Å². The second kappa shape index (κ2) is 7.42. The summed E-state index contributed by atoms with van der Waals surface area (Å²) in [7, 11) is 0. The summed E-state index contributed by atoms with van der Waals surface area (Å²) in [6, 6.07) is 12.1. The second-order valence-electron chi connectivity index (χ2n) is 6.21. The molecule has 1 N–H and O–H groups in total. The third-order valence-corrected chi connectivity index (χ3v) is 4.66. The number of fused-ring (bicyclic) bond motifs is 1. The van der Waals surface area contributed by atoms with Crippen LogP contribution >= 0.6 is 12.4 Å². The van der Waals surface area contributed by atoms with E-state index in [4.69, 9.17) is 4.74 Å². The summed E-state index contributed by atoms with van der Waals surface area (Å²) in [5.41, 5.74) is 3.94. The number of halogens is 2. The number of hydrogen-bond donors (Lipinski definition) is 1. The molecule has 2 aromatic carbocycles. The van der Waals surface area contributed by atoms with Crippen LogP contribution in [0, 0.1) is 5.82 Å². The molecule has 0 aliphatic carbocycles. The smallest absolute Gasteiger partial charge is 0.254 e. The molecule has 1 atom stereocenters. The molecule has 1 unspecified atom stereocenters. The van der Waals surface area contributed by atoms with Crippen molar-refractivity contribution in [2.45, 2.75) is 12.5 Å². The molecule has 2 aromatic rings. The van der Waals surface area contributed by atoms with Crippen LogP contribution in [-0.4, -0.2) is 37.0 Å². The number of carbonyl (C=O) groups excluding carboxylic acids is 1. The summed E-state index contributed by atoms with van der Waals surface area (Å²) in [4.78, 5) is 14.6. The van der Waals surface area contributed by atoms with Crippen LogP contribution in [0.2, 0.25) is 0 Å². The summed E-state index contributed by atoms with van der Waals surface area (Å²) < 4.78 is 18.8. The predicted octanol–water partition coefficient (Wildman–Crippen LogP) is 3.43. The van der Waals surface area contributed by atoms with E-state index in [9.17, 15) is 9.18 Å². The van der Waals surface area contributed by atoms with Crippen LogP contribution in [0.15, 0.2) is 42.5 Å². The minimum atomic E-state index is -0.269. The first-order valence-electron chi connectivity index (χ1n) is 8.24. The molecule has 4 rings (SSSR count). The van der Waals surface area contributed by atoms with Crippen LogP contribution in [-0.2, 0) is 11.2 Å². The Morgan fingerprint density at radius 1 is 1.20 bits per heavy atom. The third-order valence-electron chi connectivity index (χ3n) is 4.66. The monoisotopic (exact) mass is 362 g/mol. The lowest BCUT2D eigenvalue weighted by molar-refractivity contribution is -0.0228. The number of carbonyl (C=O) groups is 1. The summed E-state index contributed by atoms with van der Waals surface area (Å²) in [6.45, 7) is 2.48. The van der Waals surface area contributed by atoms with Crippen LogP contribution in [0.3, 0.4) is 0 Å². The van der Waals surface area contributed by atoms with Crippen molar-refractivity contribution in [3.8, 4) is 0 Å². The number of morpholine rings is 1. The van der Waals surface area contributed by atoms with E-state index < -0.39 is 0 Å². The molecule has 1 saturated heterocycles. The highest BCUT2D eigenvalue weighted by Gasteiger charge is 2.26. The quantitative estimate of drug-likeness (QED) is 0.890. The van der Waals surface area contributed by atoms with Crippen LogP contribution in [0.25, 0.3) is 0 Å². The minimum absolute atomic E-state index is 0. The number of amides is 1. The number of nitrogens with one attached hydrogen (secondary N) is 1. The Balaban J connectivity index is 0.00000182. The fraction of sp³-hybridized carbons (Fsp3) is 0.316. The maximum atomic E-state index is 13.1. The van der Waals surface area contributed by atoms with Gasteiger partial charge in [-0.05, 0) is 47.9 Å². The molecule has 132 valence electrons. The molecule has 6 heteroatoms. The molecule has 0 bridgehead atoms. The van der Waals surface area contributed by atoms with Crippen molar-refractivity contribution in [2.75, 3.05) is 31.6 Å². The highest BCUT2D eigenvalue weighted by molar-refractivity contribution is 5.95. The summed E-state index contributed by atoms with van der Waals surface area (Å²) in [6.07, 6.45) is 0.747. The maximum absolute atomic E-state index is 13.1. The van der Waals surface area contributed by atoms with Crippen molar-refractivity contribution in [3.05, 3.63) is 65.0 Å². The Labute approximate surface area is 152 Å². The molecule has 0 aromatic heterocycles. The van der Waals surface area contributed by atoms with Crippen LogP contribution < -0.4 is 5.32 Å². The van der Waals surface area contributed by atoms with Crippen LogP contribution in [0.5, 0.6) is 0 Å². The van der Waals surface area contributed by atoms with Gasteiger partial charge >= 0.3 is 0 Å². The van der Waals surface area contributed by atoms with E-state index in [1.807, 2.05) is 23.1 Å². The highest BCUT2D eigenvalue weighted by atomic mass is 35.5. The number of anilines is 1. The Kier molecular flexibility index (Phi) is 5.25. The van der Waals surface area contributed by atoms with E-state index in [1.54, 1.807) is 12.1 Å². The van der Waals surface area contributed by atoms with Gasteiger partial charge in [0.15, 0.2) is 0 Å². The highest BCUT2D eigenvalue weighted by Crippen LogP contribution is 2.26. The maximum Gasteiger partial charge on any atom is 0.254 e. The minimum Gasteiger partial charge on any atom is -0.384 e. The molecular weight excluding hydrogens is 343 g/mol. The zero-order valence-electron chi connectivity index (χ0n) is 13.7. The van der Waals surface area contributed by atoms with E-state index in [0.29, 0.717) is 19.7 Å². The lowest BCUT2D eigenvalue weighted by atomic mass is 10.0. The fourth-order valence-electron chi connectivity index (χ4n) is 3.33. The molecule has 2 heterocycles. The second-order valence-corrected chi connectivity index (χ2v) is 6.21. The van der Waals surface area contributed by atoms with Gasteiger partial charge in [0.05, 0.1) is 13.2 Å². The standard InChI is InChI=1S/C19H19FN2O2.ClH/c20-16-4-1-13(2-5-16)18-12-22(9-10-24-18)19(23)15-3-6-17-14(11-15)7-8-21-17;/h1-6,11,18,21H,7-10,12H2;1H. The summed E-state index contributed by atoms with van der Waals surface area (Å²) in [5.74, 6) is -0.241. The first kappa shape index (κ1) is 17.7. The van der Waals surface area contributed by atoms with Crippen molar-refractivity contribution in [3.63, 3.8) is 0 Å². The van der Waals surface area contributed by atoms with Gasteiger partial charge in [0, 0.05) is 24.3 Å². The molecular formula is C19H20ClFN2O2. The lowest BCUT2D eigenvalue weighted by Gasteiger charge is -2.33. The van der Waals surface area contributed by atoms with Crippen molar-refractivity contribution in [1.29, 1.82) is 0 Å². The summed E-state index contributed by atoms with van der Waals surface area (Å²) in [5, 5.41) is 3.30. The average molecular weight is 363 g/mol. The van der Waals surface area contributed by atoms with Crippen molar-refractivity contribution >= 4 is 24.0 Å². The number of benzene rings is 2. The van der Waals surface area contributed by atoms with Gasteiger partial charge < -0.3 is 15.0 Å². The van der Waals surface area contributed by atoms with Crippen molar-refractivity contribution in [1.82, 2.24) is 4.90 Å². The van der Waals surface area contributed by atoms with Gasteiger partial charge in [-0.1, -0.05) is 12.1 Å². The molecule has 0 radical (unpaired) electrons. The largest absolute Gasteiger partial charge is 0.384 e. The molecule has 1 amide bonds. The Bertz CT molecular complexity index is 767. The topological polar surface area (TPSA) is 41.6 Å². The molecule has 1 fully saturated rings. The van der Waals surface area contributed by atoms with Gasteiger partial charge in [-0.25, -0.2) is 4.39 Å². The molecule has 0 spiro atoms. The van der Waals surface area contributed by atoms with Gasteiger partial charge in [0.1, 0.15) is 11.9 Å². The van der Waals surface area contributed by atoms with Crippen LogP contribution in [0.1, 0.15) is 27.6 Å². The number of ether oxygens (including phenoxy) is 1. The van der Waals surface area contributed by atoms with Crippen LogP contribution in [0.4, 0.5) is 10.1 Å². The SMILES string of the molecule is Cl.O=C(c1ccc2c(c1)CCN2)N1CCOC(c2ccc(F)cc2)C1. The van der Waals surface area contributed by atoms with Gasteiger partial charge in [-0.15, -0.1) is 12.4 Å². The zero-order chi connectivity index (χ0) is 16.5. The first-order valence-corrected chi connectivity index (χ1v) is 8.24. The molecule has 4 nitrogen and oxygen atoms in total. The average Bonchev–Trinajstić information content (AvgIpc) is 3.09. The number of hydrogen-bond acceptors (Lipinski definition) is 3. The molecule has 0 saturated carbocycles. The van der Waals surface area contributed by atoms with Gasteiger partial charge in [0.2, 0.25) is 0 Å². The van der Waals surface area contributed by atoms with Crippen molar-refractivity contribution < 1.29 is 13.9 Å². The van der Waals surface area contributed by atoms with Crippen molar-refractivity contribution in [2.24, 2.45) is 0 Å². The van der Waals surface area contributed by atoms with E-state index in [1.165, 1.54) is 17.7 Å². The number of rotatable bonds is 2. The van der Waals surface area contributed by atoms with E-state index in [2.05, 4.69) is 5.32 Å². The Morgan fingerprint density at radius 2 is 2.00 bits per heavy atom. The fourth-order valence-corrected chi connectivity index (χ4v) is 3.33. The zero-order valence-corrected chi connectivity index (χ0v) is 14.5. The lowest BCUT2D eigenvalue weighted by Crippen LogP contribution is -2.42. The first-order chi connectivity index (χ1) is 11.7. The predicted molar refractivity (Wildman–Crippen MR) is 96.9 cm³/mol. The molecule has 2 aliphatic heterocycles. The Hall–Kier alpha value is -2.11. The third kappa shape index (κ3) is 3.62. The van der Waals surface area contributed by atoms with E-state index in [0.717, 1.165) is 29.8 Å². The van der Waals surface area contributed by atoms with Gasteiger partial charge in [-0.3, -0.25) is 4.79 Å². The van der Waals surface area contributed by atoms with Gasteiger partial charge in [-0.2, -0.15) is 0 Å².